The minimum atomic E-state index is -5.08. The first-order chi connectivity index (χ1) is 18.6. The van der Waals surface area contributed by atoms with E-state index in [1.807, 2.05) is 5.32 Å². The summed E-state index contributed by atoms with van der Waals surface area (Å²) >= 11 is 0. The first-order valence-corrected chi connectivity index (χ1v) is 10.8. The molecule has 0 aliphatic carbocycles. The zero-order valence-electron chi connectivity index (χ0n) is 20.2. The minimum absolute atomic E-state index is 0.0783. The number of aliphatic carboxylic acids is 3. The normalized spacial score (nSPS) is 11.1. The molecule has 14 nitrogen and oxygen atoms in total. The van der Waals surface area contributed by atoms with Crippen LogP contribution in [-0.2, 0) is 25.5 Å². The molecule has 0 bridgehead atoms. The maximum atomic E-state index is 12.2. The highest BCUT2D eigenvalue weighted by Crippen LogP contribution is 2.16. The summed E-state index contributed by atoms with van der Waals surface area (Å²) in [6.07, 6.45) is -6.61. The Labute approximate surface area is 223 Å². The highest BCUT2D eigenvalue weighted by molar-refractivity contribution is 5.93. The van der Waals surface area contributed by atoms with E-state index >= 15 is 0 Å². The van der Waals surface area contributed by atoms with Crippen molar-refractivity contribution in [2.24, 2.45) is 5.73 Å². The number of hydrogen-bond donors (Lipinski definition) is 7. The topological polar surface area (TPSA) is 238 Å². The summed E-state index contributed by atoms with van der Waals surface area (Å²) in [7, 11) is 0. The van der Waals surface area contributed by atoms with Gasteiger partial charge in [0, 0.05) is 12.1 Å². The number of hydrogen-bond acceptors (Lipinski definition) is 8. The van der Waals surface area contributed by atoms with E-state index in [0.29, 0.717) is 23.4 Å². The maximum Gasteiger partial charge on any atom is 0.490 e. The smallest absolute Gasteiger partial charge is 0.481 e. The molecule has 8 N–H and O–H groups in total. The fourth-order valence-electron chi connectivity index (χ4n) is 2.56. The molecule has 1 unspecified atom stereocenters. The molecule has 216 valence electrons. The third kappa shape index (κ3) is 12.7. The number of nitrogens with one attached hydrogen (secondary N) is 3. The van der Waals surface area contributed by atoms with Crippen molar-refractivity contribution in [3.8, 4) is 5.75 Å². The zero-order valence-corrected chi connectivity index (χ0v) is 20.2. The monoisotopic (exact) mass is 572 g/mol. The van der Waals surface area contributed by atoms with Gasteiger partial charge in [0.2, 0.25) is 0 Å². The molecule has 0 aliphatic rings. The van der Waals surface area contributed by atoms with Gasteiger partial charge in [0.15, 0.2) is 5.96 Å². The van der Waals surface area contributed by atoms with Crippen molar-refractivity contribution in [2.45, 2.75) is 25.1 Å². The number of ether oxygens (including phenoxy) is 2. The number of esters is 1. The van der Waals surface area contributed by atoms with Gasteiger partial charge in [-0.3, -0.25) is 10.2 Å². The Morgan fingerprint density at radius 2 is 1.50 bits per heavy atom. The summed E-state index contributed by atoms with van der Waals surface area (Å²) in [5.41, 5.74) is 6.85. The van der Waals surface area contributed by atoms with Crippen LogP contribution in [0.15, 0.2) is 48.5 Å². The standard InChI is InChI=1S/C21H22N4O8.C2HF3O2/c22-20(23)24-14-5-3-13(4-6-14)19(30)33-15-7-1-12(2-8-15)9-10-32-21(31)25-16(18(28)29)11-17(26)27;3-2(4,5)1(6)7/h1-8,16H,9-11H2,(H,25,31)(H,26,27)(H,28,29)(H4,22,23,24);(H,6,7). The Balaban J connectivity index is 0.00000101. The Morgan fingerprint density at radius 1 is 0.950 bits per heavy atom. The highest BCUT2D eigenvalue weighted by atomic mass is 19.4. The van der Waals surface area contributed by atoms with E-state index in [4.69, 9.17) is 40.7 Å². The largest absolute Gasteiger partial charge is 0.490 e. The fourth-order valence-corrected chi connectivity index (χ4v) is 2.56. The molecule has 0 saturated carbocycles. The van der Waals surface area contributed by atoms with Crippen molar-refractivity contribution in [2.75, 3.05) is 11.9 Å². The zero-order chi connectivity index (χ0) is 30.5. The Kier molecular flexibility index (Phi) is 12.4. The number of carbonyl (C=O) groups is 5. The van der Waals surface area contributed by atoms with Crippen LogP contribution in [0.5, 0.6) is 5.75 Å². The van der Waals surface area contributed by atoms with E-state index in [2.05, 4.69) is 5.32 Å². The van der Waals surface area contributed by atoms with Crippen LogP contribution in [0.25, 0.3) is 0 Å². The van der Waals surface area contributed by atoms with Crippen molar-refractivity contribution in [3.05, 3.63) is 59.7 Å². The van der Waals surface area contributed by atoms with E-state index in [9.17, 15) is 32.3 Å². The molecule has 0 fully saturated rings. The lowest BCUT2D eigenvalue weighted by atomic mass is 10.1. The lowest BCUT2D eigenvalue weighted by Crippen LogP contribution is -2.42. The van der Waals surface area contributed by atoms with Crippen molar-refractivity contribution in [1.82, 2.24) is 5.32 Å². The van der Waals surface area contributed by atoms with Gasteiger partial charge in [-0.1, -0.05) is 12.1 Å². The molecule has 17 heteroatoms. The van der Waals surface area contributed by atoms with Gasteiger partial charge in [0.1, 0.15) is 11.8 Å². The maximum absolute atomic E-state index is 12.2. The summed E-state index contributed by atoms with van der Waals surface area (Å²) in [4.78, 5) is 54.3. The fraction of sp³-hybridized carbons (Fsp3) is 0.217. The molecule has 0 aliphatic heterocycles. The number of rotatable bonds is 10. The van der Waals surface area contributed by atoms with Gasteiger partial charge in [-0.25, -0.2) is 19.2 Å². The van der Waals surface area contributed by atoms with Crippen LogP contribution in [0, 0.1) is 5.41 Å². The predicted molar refractivity (Wildman–Crippen MR) is 129 cm³/mol. The van der Waals surface area contributed by atoms with Crippen molar-refractivity contribution < 1.29 is 61.9 Å². The van der Waals surface area contributed by atoms with Crippen molar-refractivity contribution in [3.63, 3.8) is 0 Å². The molecule has 2 rings (SSSR count). The molecule has 0 saturated heterocycles. The summed E-state index contributed by atoms with van der Waals surface area (Å²) in [5, 5.41) is 36.4. The lowest BCUT2D eigenvalue weighted by molar-refractivity contribution is -0.192. The number of guanidine groups is 1. The van der Waals surface area contributed by atoms with E-state index in [1.165, 1.54) is 12.1 Å². The van der Waals surface area contributed by atoms with E-state index in [-0.39, 0.29) is 12.6 Å². The number of carbonyl (C=O) groups excluding carboxylic acids is 2. The summed E-state index contributed by atoms with van der Waals surface area (Å²) in [5.74, 6) is -6.11. The average Bonchev–Trinajstić information content (AvgIpc) is 2.84. The Morgan fingerprint density at radius 3 is 1.95 bits per heavy atom. The van der Waals surface area contributed by atoms with E-state index in [0.717, 1.165) is 5.56 Å². The first-order valence-electron chi connectivity index (χ1n) is 10.8. The predicted octanol–water partition coefficient (Wildman–Crippen LogP) is 2.04. The third-order valence-corrected chi connectivity index (χ3v) is 4.37. The molecule has 40 heavy (non-hydrogen) atoms. The quantitative estimate of drug-likeness (QED) is 0.0937. The Hall–Kier alpha value is -5.35. The second-order valence-electron chi connectivity index (χ2n) is 7.47. The molecule has 2 aromatic carbocycles. The summed E-state index contributed by atoms with van der Waals surface area (Å²) in [6, 6.07) is 11.1. The number of carboxylic acid groups (broad SMARTS) is 3. The van der Waals surface area contributed by atoms with Crippen molar-refractivity contribution in [1.29, 1.82) is 5.41 Å². The number of anilines is 1. The van der Waals surface area contributed by atoms with E-state index in [1.54, 1.807) is 36.4 Å². The number of nitrogens with two attached hydrogens (primary N) is 1. The third-order valence-electron chi connectivity index (χ3n) is 4.37. The van der Waals surface area contributed by atoms with Crippen LogP contribution in [-0.4, -0.2) is 70.1 Å². The molecular formula is C23H23F3N4O10. The number of carboxylic acids is 3. The van der Waals surface area contributed by atoms with Gasteiger partial charge in [-0.15, -0.1) is 0 Å². The van der Waals surface area contributed by atoms with E-state index < -0.39 is 48.6 Å². The molecule has 0 heterocycles. The molecular weight excluding hydrogens is 549 g/mol. The van der Waals surface area contributed by atoms with Gasteiger partial charge in [0.25, 0.3) is 0 Å². The number of alkyl halides is 3. The highest BCUT2D eigenvalue weighted by Gasteiger charge is 2.38. The second-order valence-corrected chi connectivity index (χ2v) is 7.47. The van der Waals surface area contributed by atoms with Crippen LogP contribution < -0.4 is 21.1 Å². The van der Waals surface area contributed by atoms with Gasteiger partial charge >= 0.3 is 36.1 Å². The molecule has 0 spiro atoms. The van der Waals surface area contributed by atoms with Gasteiger partial charge in [-0.05, 0) is 42.0 Å². The number of halogens is 3. The SMILES string of the molecule is N=C(N)Nc1ccc(C(=O)Oc2ccc(CCOC(=O)NC(CC(=O)O)C(=O)O)cc2)cc1.O=C(O)C(F)(F)F. The first kappa shape index (κ1) is 32.7. The second kappa shape index (κ2) is 15.2. The average molecular weight is 572 g/mol. The van der Waals surface area contributed by atoms with Crippen LogP contribution in [0.2, 0.25) is 0 Å². The summed E-state index contributed by atoms with van der Waals surface area (Å²) in [6.45, 7) is -0.0783. The molecule has 2 aromatic rings. The van der Waals surface area contributed by atoms with Crippen LogP contribution in [0.1, 0.15) is 22.3 Å². The van der Waals surface area contributed by atoms with Crippen LogP contribution in [0.3, 0.4) is 0 Å². The van der Waals surface area contributed by atoms with Gasteiger partial charge in [-0.2, -0.15) is 13.2 Å². The molecule has 0 radical (unpaired) electrons. The minimum Gasteiger partial charge on any atom is -0.481 e. The van der Waals surface area contributed by atoms with Gasteiger partial charge in [0.05, 0.1) is 18.6 Å². The molecule has 1 atom stereocenters. The molecule has 0 aromatic heterocycles. The number of amides is 1. The lowest BCUT2D eigenvalue weighted by Gasteiger charge is -2.12. The number of alkyl carbamates (subject to hydrolysis) is 1. The van der Waals surface area contributed by atoms with Crippen LogP contribution >= 0.6 is 0 Å². The molecule has 1 amide bonds. The van der Waals surface area contributed by atoms with Crippen LogP contribution in [0.4, 0.5) is 23.7 Å². The van der Waals surface area contributed by atoms with Gasteiger partial charge < -0.3 is 41.2 Å². The number of benzene rings is 2. The summed E-state index contributed by atoms with van der Waals surface area (Å²) < 4.78 is 41.9. The Bertz CT molecular complexity index is 1220. The van der Waals surface area contributed by atoms with Crippen molar-refractivity contribution >= 4 is 41.6 Å².